The highest BCUT2D eigenvalue weighted by Gasteiger charge is 2.30. The number of likely N-dealkylation sites (tertiary alicyclic amines) is 1. The summed E-state index contributed by atoms with van der Waals surface area (Å²) in [5.74, 6) is 0. The summed E-state index contributed by atoms with van der Waals surface area (Å²) in [7, 11) is -0.970. The van der Waals surface area contributed by atoms with Crippen molar-refractivity contribution in [1.29, 1.82) is 0 Å². The summed E-state index contributed by atoms with van der Waals surface area (Å²) in [6.07, 6.45) is 0.424. The summed E-state index contributed by atoms with van der Waals surface area (Å²) < 4.78 is 15.1. The second-order valence-electron chi connectivity index (χ2n) is 3.02. The molecule has 0 aromatic carbocycles. The largest absolute Gasteiger partial charge is 0.395 e. The van der Waals surface area contributed by atoms with Gasteiger partial charge in [-0.05, 0) is 13.5 Å². The molecule has 1 rings (SSSR count). The van der Waals surface area contributed by atoms with Gasteiger partial charge in [-0.1, -0.05) is 0 Å². The van der Waals surface area contributed by atoms with Crippen molar-refractivity contribution in [3.8, 4) is 0 Å². The topological polar surface area (TPSA) is 70.0 Å². The van der Waals surface area contributed by atoms with Crippen LogP contribution in [0.4, 0.5) is 0 Å². The maximum atomic E-state index is 10.3. The number of aliphatic hydroxyl groups is 1. The number of hydrogen-bond donors (Lipinski definition) is 2. The first-order chi connectivity index (χ1) is 5.63. The molecule has 1 heterocycles. The van der Waals surface area contributed by atoms with E-state index in [1.807, 2.05) is 11.9 Å². The fourth-order valence-corrected chi connectivity index (χ4v) is 1.93. The Bertz CT molecular complexity index is 177. The zero-order valence-corrected chi connectivity index (χ0v) is 7.93. The van der Waals surface area contributed by atoms with Crippen LogP contribution in [-0.4, -0.2) is 47.2 Å². The van der Waals surface area contributed by atoms with Crippen LogP contribution in [0.5, 0.6) is 0 Å². The van der Waals surface area contributed by atoms with Gasteiger partial charge < -0.3 is 14.5 Å². The molecule has 3 atom stereocenters. The Balaban J connectivity index is 2.37. The predicted octanol–water partition coefficient (Wildman–Crippen LogP) is -0.550. The summed E-state index contributed by atoms with van der Waals surface area (Å²) in [5, 5.41) is 8.86. The minimum Gasteiger partial charge on any atom is -0.395 e. The molecule has 1 aliphatic heterocycles. The molecular formula is C6H14NO4P. The van der Waals surface area contributed by atoms with Gasteiger partial charge in [-0.15, -0.1) is 0 Å². The van der Waals surface area contributed by atoms with Crippen molar-refractivity contribution in [3.05, 3.63) is 0 Å². The first kappa shape index (κ1) is 10.2. The molecule has 6 heteroatoms. The van der Waals surface area contributed by atoms with Gasteiger partial charge in [0.2, 0.25) is 0 Å². The maximum absolute atomic E-state index is 10.3. The first-order valence-corrected chi connectivity index (χ1v) is 5.10. The first-order valence-electron chi connectivity index (χ1n) is 3.84. The van der Waals surface area contributed by atoms with Gasteiger partial charge in [0.1, 0.15) is 0 Å². The summed E-state index contributed by atoms with van der Waals surface area (Å²) >= 11 is 0. The normalized spacial score (nSPS) is 33.9. The van der Waals surface area contributed by atoms with Crippen LogP contribution in [-0.2, 0) is 9.09 Å². The molecule has 0 aliphatic carbocycles. The fraction of sp³-hybridized carbons (Fsp3) is 1.00. The molecule has 5 nitrogen and oxygen atoms in total. The van der Waals surface area contributed by atoms with Crippen molar-refractivity contribution < 1.29 is 19.1 Å². The maximum Gasteiger partial charge on any atom is 0.316 e. The van der Waals surface area contributed by atoms with Crippen LogP contribution in [0.25, 0.3) is 0 Å². The minimum absolute atomic E-state index is 0.0661. The van der Waals surface area contributed by atoms with Crippen LogP contribution in [0.15, 0.2) is 0 Å². The lowest BCUT2D eigenvalue weighted by molar-refractivity contribution is 0.181. The smallest absolute Gasteiger partial charge is 0.316 e. The van der Waals surface area contributed by atoms with E-state index in [4.69, 9.17) is 14.5 Å². The molecule has 0 saturated carbocycles. The molecule has 1 fully saturated rings. The molecule has 1 aliphatic rings. The highest BCUT2D eigenvalue weighted by atomic mass is 31.1. The summed E-state index contributed by atoms with van der Waals surface area (Å²) in [5.41, 5.74) is 0. The summed E-state index contributed by atoms with van der Waals surface area (Å²) in [4.78, 5) is 10.4. The molecule has 72 valence electrons. The summed E-state index contributed by atoms with van der Waals surface area (Å²) in [6.45, 7) is 0.685. The molecule has 0 bridgehead atoms. The molecule has 1 saturated heterocycles. The predicted molar refractivity (Wildman–Crippen MR) is 44.2 cm³/mol. The van der Waals surface area contributed by atoms with Crippen molar-refractivity contribution in [2.24, 2.45) is 0 Å². The highest BCUT2D eigenvalue weighted by Crippen LogP contribution is 2.26. The Morgan fingerprint density at radius 2 is 2.42 bits per heavy atom. The molecule has 12 heavy (non-hydrogen) atoms. The van der Waals surface area contributed by atoms with Gasteiger partial charge in [-0.25, -0.2) is 0 Å². The minimum atomic E-state index is -2.83. The van der Waals surface area contributed by atoms with E-state index in [0.29, 0.717) is 13.0 Å². The van der Waals surface area contributed by atoms with E-state index in [1.165, 1.54) is 0 Å². The lowest BCUT2D eigenvalue weighted by Crippen LogP contribution is -2.28. The van der Waals surface area contributed by atoms with Crippen LogP contribution >= 0.6 is 8.25 Å². The lowest BCUT2D eigenvalue weighted by Gasteiger charge is -2.14. The van der Waals surface area contributed by atoms with Crippen LogP contribution in [0, 0.1) is 0 Å². The third-order valence-electron chi connectivity index (χ3n) is 2.13. The van der Waals surface area contributed by atoms with E-state index in [2.05, 4.69) is 0 Å². The average molecular weight is 195 g/mol. The van der Waals surface area contributed by atoms with E-state index >= 15 is 0 Å². The van der Waals surface area contributed by atoms with E-state index in [0.717, 1.165) is 0 Å². The molecule has 3 unspecified atom stereocenters. The zero-order chi connectivity index (χ0) is 9.14. The SMILES string of the molecule is CN1CC(O[PH](=O)O)CC1CO. The van der Waals surface area contributed by atoms with E-state index in [9.17, 15) is 4.57 Å². The van der Waals surface area contributed by atoms with Crippen LogP contribution in [0.1, 0.15) is 6.42 Å². The monoisotopic (exact) mass is 195 g/mol. The quantitative estimate of drug-likeness (QED) is 0.591. The molecule has 0 amide bonds. The van der Waals surface area contributed by atoms with Gasteiger partial charge in [-0.2, -0.15) is 0 Å². The molecule has 0 radical (unpaired) electrons. The van der Waals surface area contributed by atoms with Crippen molar-refractivity contribution >= 4 is 8.25 Å². The van der Waals surface area contributed by atoms with Gasteiger partial charge in [0.25, 0.3) is 0 Å². The van der Waals surface area contributed by atoms with Crippen molar-refractivity contribution in [3.63, 3.8) is 0 Å². The Kier molecular flexibility index (Phi) is 3.68. The average Bonchev–Trinajstić information content (AvgIpc) is 2.29. The Morgan fingerprint density at radius 1 is 1.75 bits per heavy atom. The van der Waals surface area contributed by atoms with Gasteiger partial charge in [-0.3, -0.25) is 9.46 Å². The third-order valence-corrected chi connectivity index (χ3v) is 2.66. The van der Waals surface area contributed by atoms with Crippen LogP contribution in [0.3, 0.4) is 0 Å². The zero-order valence-electron chi connectivity index (χ0n) is 6.93. The second-order valence-corrected chi connectivity index (χ2v) is 3.78. The lowest BCUT2D eigenvalue weighted by atomic mass is 10.2. The number of likely N-dealkylation sites (N-methyl/N-ethyl adjacent to an activating group) is 1. The molecule has 0 spiro atoms. The van der Waals surface area contributed by atoms with Gasteiger partial charge in [0, 0.05) is 12.6 Å². The van der Waals surface area contributed by atoms with Crippen molar-refractivity contribution in [2.75, 3.05) is 20.2 Å². The summed E-state index contributed by atoms with van der Waals surface area (Å²) in [6, 6.07) is 0.0661. The van der Waals surface area contributed by atoms with Crippen LogP contribution in [0.2, 0.25) is 0 Å². The highest BCUT2D eigenvalue weighted by molar-refractivity contribution is 7.32. The van der Waals surface area contributed by atoms with Crippen LogP contribution < -0.4 is 0 Å². The number of rotatable bonds is 3. The second kappa shape index (κ2) is 4.35. The fourth-order valence-electron chi connectivity index (χ4n) is 1.47. The Labute approximate surface area is 71.9 Å². The number of nitrogens with zero attached hydrogens (tertiary/aromatic N) is 1. The Hall–Kier alpha value is 0.0700. The van der Waals surface area contributed by atoms with E-state index < -0.39 is 8.25 Å². The van der Waals surface area contributed by atoms with E-state index in [1.54, 1.807) is 0 Å². The van der Waals surface area contributed by atoms with Crippen molar-refractivity contribution in [1.82, 2.24) is 4.90 Å². The number of hydrogen-bond acceptors (Lipinski definition) is 4. The molecule has 2 N–H and O–H groups in total. The standard InChI is InChI=1S/C6H14NO4P/c1-7-3-6(11-12(9)10)2-5(7)4-8/h5-6,8,12H,2-4H2,1H3,(H,9,10). The van der Waals surface area contributed by atoms with Gasteiger partial charge in [0.05, 0.1) is 12.7 Å². The van der Waals surface area contributed by atoms with Gasteiger partial charge in [0.15, 0.2) is 0 Å². The molecule has 0 aromatic heterocycles. The van der Waals surface area contributed by atoms with E-state index in [-0.39, 0.29) is 18.8 Å². The van der Waals surface area contributed by atoms with Crippen molar-refractivity contribution in [2.45, 2.75) is 18.6 Å². The number of aliphatic hydroxyl groups excluding tert-OH is 1. The Morgan fingerprint density at radius 3 is 2.83 bits per heavy atom. The van der Waals surface area contributed by atoms with Gasteiger partial charge >= 0.3 is 8.25 Å². The molecular weight excluding hydrogens is 181 g/mol. The molecule has 0 aromatic rings. The third kappa shape index (κ3) is 2.54.